The van der Waals surface area contributed by atoms with Crippen LogP contribution >= 0.6 is 0 Å². The van der Waals surface area contributed by atoms with E-state index in [1.807, 2.05) is 0 Å². The maximum Gasteiger partial charge on any atom is 0.240 e. The SMILES string of the molecule is COc1cc(C)c(S(=O)(=O)NCC(c2cccnc2)S(=O)(=O)c2ccc(F)c(C)c2)cc1C. The van der Waals surface area contributed by atoms with Crippen LogP contribution in [0, 0.1) is 26.6 Å². The molecule has 0 fully saturated rings. The van der Waals surface area contributed by atoms with Gasteiger partial charge >= 0.3 is 0 Å². The minimum atomic E-state index is -4.08. The monoisotopic (exact) mass is 492 g/mol. The van der Waals surface area contributed by atoms with Gasteiger partial charge in [0.05, 0.1) is 16.9 Å². The molecule has 10 heteroatoms. The van der Waals surface area contributed by atoms with E-state index in [1.54, 1.807) is 32.0 Å². The largest absolute Gasteiger partial charge is 0.496 e. The summed E-state index contributed by atoms with van der Waals surface area (Å²) in [7, 11) is -6.64. The smallest absolute Gasteiger partial charge is 0.240 e. The van der Waals surface area contributed by atoms with Crippen LogP contribution in [0.5, 0.6) is 5.75 Å². The molecule has 0 aliphatic carbocycles. The number of sulfonamides is 1. The average Bonchev–Trinajstić information content (AvgIpc) is 2.77. The Kier molecular flexibility index (Phi) is 7.20. The van der Waals surface area contributed by atoms with E-state index in [0.29, 0.717) is 22.4 Å². The van der Waals surface area contributed by atoms with E-state index in [-0.39, 0.29) is 15.4 Å². The van der Waals surface area contributed by atoms with Gasteiger partial charge < -0.3 is 4.74 Å². The Morgan fingerprint density at radius 3 is 2.33 bits per heavy atom. The fourth-order valence-electron chi connectivity index (χ4n) is 3.47. The standard InChI is InChI=1S/C23H25FN2O5S2/c1-15-10-19(7-8-20(15)24)32(27,28)23(18-6-5-9-25-13-18)14-26-33(29,30)22-12-16(2)21(31-4)11-17(22)3/h5-13,23,26H,14H2,1-4H3. The molecule has 0 aliphatic heterocycles. The van der Waals surface area contributed by atoms with E-state index in [9.17, 15) is 21.2 Å². The van der Waals surface area contributed by atoms with E-state index in [1.165, 1.54) is 44.6 Å². The molecule has 1 aromatic heterocycles. The summed E-state index contributed by atoms with van der Waals surface area (Å²) >= 11 is 0. The third-order valence-electron chi connectivity index (χ3n) is 5.33. The number of aryl methyl sites for hydroxylation is 3. The van der Waals surface area contributed by atoms with Crippen LogP contribution in [0.25, 0.3) is 0 Å². The molecule has 1 heterocycles. The number of nitrogens with one attached hydrogen (secondary N) is 1. The van der Waals surface area contributed by atoms with Crippen LogP contribution in [0.1, 0.15) is 27.5 Å². The second-order valence-electron chi connectivity index (χ2n) is 7.67. The van der Waals surface area contributed by atoms with E-state index < -0.39 is 37.5 Å². The van der Waals surface area contributed by atoms with Crippen molar-refractivity contribution in [2.75, 3.05) is 13.7 Å². The summed E-state index contributed by atoms with van der Waals surface area (Å²) in [5.74, 6) is 0.0203. The number of pyridine rings is 1. The van der Waals surface area contributed by atoms with Crippen LogP contribution in [0.3, 0.4) is 0 Å². The molecule has 1 atom stereocenters. The van der Waals surface area contributed by atoms with Crippen molar-refractivity contribution in [3.05, 3.63) is 82.9 Å². The summed E-state index contributed by atoms with van der Waals surface area (Å²) in [5.41, 5.74) is 1.57. The maximum atomic E-state index is 13.7. The molecule has 3 rings (SSSR count). The number of nitrogens with zero attached hydrogens (tertiary/aromatic N) is 1. The molecule has 0 aliphatic rings. The molecule has 2 aromatic carbocycles. The van der Waals surface area contributed by atoms with Gasteiger partial charge in [0.25, 0.3) is 0 Å². The number of aromatic nitrogens is 1. The maximum absolute atomic E-state index is 13.7. The normalized spacial score (nSPS) is 13.0. The zero-order chi connectivity index (χ0) is 24.4. The van der Waals surface area contributed by atoms with Crippen molar-refractivity contribution in [1.82, 2.24) is 9.71 Å². The first-order chi connectivity index (χ1) is 15.5. The second kappa shape index (κ2) is 9.58. The summed E-state index contributed by atoms with van der Waals surface area (Å²) < 4.78 is 74.5. The molecule has 1 N–H and O–H groups in total. The Morgan fingerprint density at radius 2 is 1.73 bits per heavy atom. The molecule has 3 aromatic rings. The molecule has 0 saturated heterocycles. The summed E-state index contributed by atoms with van der Waals surface area (Å²) in [4.78, 5) is 3.90. The van der Waals surface area contributed by atoms with Crippen molar-refractivity contribution in [1.29, 1.82) is 0 Å². The highest BCUT2D eigenvalue weighted by Crippen LogP contribution is 2.30. The second-order valence-corrected chi connectivity index (χ2v) is 11.5. The van der Waals surface area contributed by atoms with Gasteiger partial charge in [-0.2, -0.15) is 0 Å². The number of hydrogen-bond donors (Lipinski definition) is 1. The zero-order valence-electron chi connectivity index (χ0n) is 18.7. The van der Waals surface area contributed by atoms with Crippen molar-refractivity contribution in [2.45, 2.75) is 35.8 Å². The lowest BCUT2D eigenvalue weighted by atomic mass is 10.1. The molecule has 0 radical (unpaired) electrons. The highest BCUT2D eigenvalue weighted by molar-refractivity contribution is 7.92. The van der Waals surface area contributed by atoms with Crippen LogP contribution in [0.15, 0.2) is 64.6 Å². The third-order valence-corrected chi connectivity index (χ3v) is 8.99. The van der Waals surface area contributed by atoms with Gasteiger partial charge in [0, 0.05) is 18.9 Å². The van der Waals surface area contributed by atoms with Gasteiger partial charge in [-0.15, -0.1) is 0 Å². The molecule has 0 saturated carbocycles. The van der Waals surface area contributed by atoms with Crippen molar-refractivity contribution in [3.63, 3.8) is 0 Å². The van der Waals surface area contributed by atoms with E-state index in [4.69, 9.17) is 4.74 Å². The molecule has 0 spiro atoms. The summed E-state index contributed by atoms with van der Waals surface area (Å²) in [5, 5.41) is -1.27. The quantitative estimate of drug-likeness (QED) is 0.482. The van der Waals surface area contributed by atoms with Crippen molar-refractivity contribution in [2.24, 2.45) is 0 Å². The first kappa shape index (κ1) is 24.8. The van der Waals surface area contributed by atoms with Gasteiger partial charge in [0.1, 0.15) is 16.8 Å². The molecule has 33 heavy (non-hydrogen) atoms. The van der Waals surface area contributed by atoms with Gasteiger partial charge in [-0.3, -0.25) is 4.98 Å². The van der Waals surface area contributed by atoms with Crippen LogP contribution in [-0.4, -0.2) is 35.5 Å². The summed E-state index contributed by atoms with van der Waals surface area (Å²) in [6.45, 7) is 4.38. The summed E-state index contributed by atoms with van der Waals surface area (Å²) in [6, 6.07) is 9.71. The lowest BCUT2D eigenvalue weighted by Crippen LogP contribution is -2.32. The number of methoxy groups -OCH3 is 1. The highest BCUT2D eigenvalue weighted by atomic mass is 32.2. The molecule has 176 valence electrons. The van der Waals surface area contributed by atoms with Gasteiger partial charge in [0.15, 0.2) is 9.84 Å². The molecule has 1 unspecified atom stereocenters. The van der Waals surface area contributed by atoms with Gasteiger partial charge in [-0.25, -0.2) is 25.9 Å². The van der Waals surface area contributed by atoms with E-state index in [2.05, 4.69) is 9.71 Å². The van der Waals surface area contributed by atoms with Crippen LogP contribution in [0.2, 0.25) is 0 Å². The number of rotatable bonds is 8. The molecule has 0 bridgehead atoms. The minimum absolute atomic E-state index is 0.0285. The van der Waals surface area contributed by atoms with Crippen molar-refractivity contribution < 1.29 is 26.0 Å². The topological polar surface area (TPSA) is 102 Å². The van der Waals surface area contributed by atoms with Gasteiger partial charge in [0.2, 0.25) is 10.0 Å². The minimum Gasteiger partial charge on any atom is -0.496 e. The number of benzene rings is 2. The van der Waals surface area contributed by atoms with Crippen molar-refractivity contribution in [3.8, 4) is 5.75 Å². The molecular weight excluding hydrogens is 467 g/mol. The lowest BCUT2D eigenvalue weighted by molar-refractivity contribution is 0.411. The predicted molar refractivity (Wildman–Crippen MR) is 123 cm³/mol. The van der Waals surface area contributed by atoms with E-state index in [0.717, 1.165) is 6.07 Å². The Balaban J connectivity index is 2.00. The fraction of sp³-hybridized carbons (Fsp3) is 0.261. The Labute approximate surface area is 193 Å². The van der Waals surface area contributed by atoms with Crippen LogP contribution in [-0.2, 0) is 19.9 Å². The van der Waals surface area contributed by atoms with Crippen LogP contribution in [0.4, 0.5) is 4.39 Å². The molecule has 0 amide bonds. The number of sulfone groups is 1. The first-order valence-corrected chi connectivity index (χ1v) is 13.0. The zero-order valence-corrected chi connectivity index (χ0v) is 20.3. The Morgan fingerprint density at radius 1 is 1.00 bits per heavy atom. The highest BCUT2D eigenvalue weighted by Gasteiger charge is 2.32. The first-order valence-electron chi connectivity index (χ1n) is 10.0. The van der Waals surface area contributed by atoms with Crippen LogP contribution < -0.4 is 9.46 Å². The van der Waals surface area contributed by atoms with Gasteiger partial charge in [-0.1, -0.05) is 6.07 Å². The molecule has 7 nitrogen and oxygen atoms in total. The Hall–Kier alpha value is -2.82. The molecular formula is C23H25FN2O5S2. The number of halogens is 1. The van der Waals surface area contributed by atoms with E-state index >= 15 is 0 Å². The van der Waals surface area contributed by atoms with Crippen molar-refractivity contribution >= 4 is 19.9 Å². The third kappa shape index (κ3) is 5.23. The Bertz CT molecular complexity index is 1380. The fourth-order valence-corrected chi connectivity index (χ4v) is 6.66. The number of ether oxygens (including phenoxy) is 1. The predicted octanol–water partition coefficient (Wildman–Crippen LogP) is 3.65. The average molecular weight is 493 g/mol. The van der Waals surface area contributed by atoms with Gasteiger partial charge in [-0.05, 0) is 79.4 Å². The lowest BCUT2D eigenvalue weighted by Gasteiger charge is -2.20. The summed E-state index contributed by atoms with van der Waals surface area (Å²) in [6.07, 6.45) is 2.86. The number of hydrogen-bond acceptors (Lipinski definition) is 6.